The summed E-state index contributed by atoms with van der Waals surface area (Å²) in [5.41, 5.74) is 8.07. The molecule has 10 aromatic carbocycles. The highest BCUT2D eigenvalue weighted by Crippen LogP contribution is 2.31. The number of para-hydroxylation sites is 3. The van der Waals surface area contributed by atoms with E-state index in [9.17, 15) is 57.2 Å². The molecule has 1 unspecified atom stereocenters. The number of anilines is 3. The molecule has 13 rings (SSSR count). The maximum Gasteiger partial charge on any atom is 0.255 e. The standard InChI is InChI=1S/C24H23NO4S.C21H19FN2O3S.C19H23N3O3S.C19H22N2O4S/c26-23(21-12-10-20(11-13-21)19-6-2-1-3-7-19)18-22-8-4-5-9-24(22)30(27,28)25-14-16-29-17-15-25;1-24(15-16-7-3-2-4-8-16)28(26,27)20-10-6-5-9-19(20)23-21(25)17-11-13-18(22)14-12-17;1-15-7-9-16(10-8-15)19(23)20-17-5-3-4-6-18(17)26(24,25)22-13-11-21(2)12-14-22;1-14-7-9-16(10-8-14)19(22)20-17-5-3-4-6-18(17)26(23,24)21-11-12-25-13-15(21)2/h1-13H,14-18H2;2-14H,15H2,1H3,(H,23,25);3-10H,11-14H2,1-2H3,(H,20,23);3-10,15H,11-13H2,1-2H3,(H,20,22). The van der Waals surface area contributed by atoms with Gasteiger partial charge in [-0.1, -0.05) is 175 Å². The molecule has 0 saturated carbocycles. The van der Waals surface area contributed by atoms with Gasteiger partial charge in [0.2, 0.25) is 40.1 Å². The fraction of sp³-hybridized carbons (Fsp3) is 0.229. The lowest BCUT2D eigenvalue weighted by Gasteiger charge is -2.32. The maximum absolute atomic E-state index is 13.1. The lowest BCUT2D eigenvalue weighted by molar-refractivity contribution is 0.0393. The Bertz CT molecular complexity index is 5290. The molecule has 0 radical (unpaired) electrons. The van der Waals surface area contributed by atoms with Gasteiger partial charge in [0.25, 0.3) is 17.7 Å². The topological polar surface area (TPSA) is 276 Å². The highest BCUT2D eigenvalue weighted by molar-refractivity contribution is 7.90. The summed E-state index contributed by atoms with van der Waals surface area (Å²) in [5.74, 6) is -1.76. The Kier molecular flexibility index (Phi) is 28.3. The number of hydrogen-bond donors (Lipinski definition) is 3. The van der Waals surface area contributed by atoms with Crippen molar-refractivity contribution in [3.05, 3.63) is 305 Å². The number of hydrogen-bond acceptors (Lipinski definition) is 15. The third-order valence-electron chi connectivity index (χ3n) is 18.3. The Hall–Kier alpha value is -10.3. The predicted octanol–water partition coefficient (Wildman–Crippen LogP) is 12.5. The number of sulfonamides is 4. The van der Waals surface area contributed by atoms with Crippen LogP contribution in [-0.4, -0.2) is 172 Å². The van der Waals surface area contributed by atoms with Gasteiger partial charge < -0.3 is 30.3 Å². The minimum Gasteiger partial charge on any atom is -0.379 e. The number of aryl methyl sites for hydroxylation is 2. The maximum atomic E-state index is 13.1. The number of carbonyl (C=O) groups excluding carboxylic acids is 4. The van der Waals surface area contributed by atoms with Gasteiger partial charge in [0.1, 0.15) is 20.5 Å². The van der Waals surface area contributed by atoms with E-state index in [1.807, 2.05) is 125 Å². The number of piperazine rings is 1. The number of morpholine rings is 2. The fourth-order valence-electron chi connectivity index (χ4n) is 12.0. The Balaban J connectivity index is 0.000000156. The number of carbonyl (C=O) groups is 4. The van der Waals surface area contributed by atoms with Crippen LogP contribution < -0.4 is 16.0 Å². The largest absolute Gasteiger partial charge is 0.379 e. The molecule has 10 aromatic rings. The van der Waals surface area contributed by atoms with Crippen LogP contribution in [-0.2, 0) is 62.5 Å². The first-order valence-corrected chi connectivity index (χ1v) is 41.2. The molecule has 0 aromatic heterocycles. The van der Waals surface area contributed by atoms with E-state index in [2.05, 4.69) is 20.9 Å². The number of ketones is 1. The van der Waals surface area contributed by atoms with Gasteiger partial charge in [-0.15, -0.1) is 0 Å². The number of rotatable bonds is 20. The van der Waals surface area contributed by atoms with E-state index < -0.39 is 51.8 Å². The Morgan fingerprint density at radius 3 is 1.33 bits per heavy atom. The van der Waals surface area contributed by atoms with Crippen molar-refractivity contribution in [2.45, 2.75) is 59.4 Å². The zero-order chi connectivity index (χ0) is 78.6. The molecule has 27 heteroatoms. The van der Waals surface area contributed by atoms with Crippen LogP contribution in [0.15, 0.2) is 274 Å². The number of Topliss-reactive ketones (excluding diaryl/α,β-unsaturated/α-hetero) is 1. The number of nitrogens with zero attached hydrogens (tertiary/aromatic N) is 5. The average molecular weight is 1570 g/mol. The second-order valence-corrected chi connectivity index (χ2v) is 33.9. The quantitative estimate of drug-likeness (QED) is 0.0598. The van der Waals surface area contributed by atoms with Crippen molar-refractivity contribution in [2.24, 2.45) is 0 Å². The first kappa shape index (κ1) is 82.2. The Morgan fingerprint density at radius 1 is 0.427 bits per heavy atom. The molecule has 3 heterocycles. The van der Waals surface area contributed by atoms with Crippen molar-refractivity contribution >= 4 is 80.7 Å². The van der Waals surface area contributed by atoms with Crippen molar-refractivity contribution in [3.8, 4) is 11.1 Å². The zero-order valence-electron chi connectivity index (χ0n) is 61.5. The number of halogens is 1. The minimum atomic E-state index is -3.84. The van der Waals surface area contributed by atoms with Crippen molar-refractivity contribution in [3.63, 3.8) is 0 Å². The normalized spacial score (nSPS) is 15.2. The third kappa shape index (κ3) is 21.4. The molecule has 110 heavy (non-hydrogen) atoms. The summed E-state index contributed by atoms with van der Waals surface area (Å²) in [6.45, 7) is 10.6. The molecular formula is C83H87FN8O14S4. The average Bonchev–Trinajstić information content (AvgIpc) is 0.788. The Labute approximate surface area is 643 Å². The first-order chi connectivity index (χ1) is 52.7. The van der Waals surface area contributed by atoms with Gasteiger partial charge in [0.05, 0.1) is 48.4 Å². The second-order valence-electron chi connectivity index (χ2n) is 26.3. The molecule has 0 bridgehead atoms. The van der Waals surface area contributed by atoms with Gasteiger partial charge in [-0.3, -0.25) is 19.2 Å². The number of amides is 3. The second kappa shape index (κ2) is 37.9. The van der Waals surface area contributed by atoms with Crippen LogP contribution in [0.5, 0.6) is 0 Å². The summed E-state index contributed by atoms with van der Waals surface area (Å²) < 4.78 is 134. The van der Waals surface area contributed by atoms with Crippen LogP contribution >= 0.6 is 0 Å². The van der Waals surface area contributed by atoms with Gasteiger partial charge in [0.15, 0.2) is 5.78 Å². The molecular weight excluding hydrogens is 1480 g/mol. The molecule has 0 aliphatic carbocycles. The molecule has 3 N–H and O–H groups in total. The number of likely N-dealkylation sites (N-methyl/N-ethyl adjacent to an activating group) is 1. The van der Waals surface area contributed by atoms with Crippen LogP contribution in [0.3, 0.4) is 0 Å². The SMILES string of the molecule is CN(Cc1ccccc1)S(=O)(=O)c1ccccc1NC(=O)c1ccc(F)cc1.Cc1ccc(C(=O)Nc2ccccc2S(=O)(=O)N2CCN(C)CC2)cc1.Cc1ccc(C(=O)Nc2ccccc2S(=O)(=O)N2CCOCC2C)cc1.O=C(Cc1ccccc1S(=O)(=O)N1CCOCC1)c1ccc(-c2ccccc2)cc1. The van der Waals surface area contributed by atoms with E-state index in [0.717, 1.165) is 27.8 Å². The number of ether oxygens (including phenoxy) is 2. The summed E-state index contributed by atoms with van der Waals surface area (Å²) in [7, 11) is -11.4. The van der Waals surface area contributed by atoms with Crippen molar-refractivity contribution in [2.75, 3.05) is 102 Å². The van der Waals surface area contributed by atoms with Crippen molar-refractivity contribution in [1.29, 1.82) is 0 Å². The van der Waals surface area contributed by atoms with Gasteiger partial charge >= 0.3 is 0 Å². The first-order valence-electron chi connectivity index (χ1n) is 35.4. The van der Waals surface area contributed by atoms with Gasteiger partial charge in [-0.2, -0.15) is 17.2 Å². The van der Waals surface area contributed by atoms with E-state index in [1.54, 1.807) is 115 Å². The highest BCUT2D eigenvalue weighted by atomic mass is 32.2. The van der Waals surface area contributed by atoms with Gasteiger partial charge in [-0.25, -0.2) is 38.1 Å². The van der Waals surface area contributed by atoms with Crippen LogP contribution in [0, 0.1) is 19.7 Å². The van der Waals surface area contributed by atoms with Crippen molar-refractivity contribution < 1.29 is 66.7 Å². The molecule has 1 atom stereocenters. The van der Waals surface area contributed by atoms with E-state index >= 15 is 0 Å². The van der Waals surface area contributed by atoms with Crippen molar-refractivity contribution in [1.82, 2.24) is 22.1 Å². The molecule has 3 amide bonds. The smallest absolute Gasteiger partial charge is 0.255 e. The highest BCUT2D eigenvalue weighted by Gasteiger charge is 2.35. The summed E-state index contributed by atoms with van der Waals surface area (Å²) in [4.78, 5) is 52.8. The van der Waals surface area contributed by atoms with Gasteiger partial charge in [-0.05, 0) is 141 Å². The fourth-order valence-corrected chi connectivity index (χ4v) is 18.3. The van der Waals surface area contributed by atoms with Gasteiger partial charge in [0, 0.05) is 94.1 Å². The van der Waals surface area contributed by atoms with Crippen LogP contribution in [0.2, 0.25) is 0 Å². The number of benzene rings is 10. The monoisotopic (exact) mass is 1570 g/mol. The van der Waals surface area contributed by atoms with E-state index in [-0.39, 0.29) is 73.1 Å². The minimum absolute atomic E-state index is 0.0103. The third-order valence-corrected chi connectivity index (χ3v) is 26.2. The van der Waals surface area contributed by atoms with E-state index in [0.29, 0.717) is 100 Å². The Morgan fingerprint density at radius 2 is 0.818 bits per heavy atom. The molecule has 3 aliphatic heterocycles. The van der Waals surface area contributed by atoms with E-state index in [4.69, 9.17) is 9.47 Å². The molecule has 3 aliphatic rings. The van der Waals surface area contributed by atoms with Crippen LogP contribution in [0.25, 0.3) is 11.1 Å². The lowest BCUT2D eigenvalue weighted by Crippen LogP contribution is -2.47. The molecule has 0 spiro atoms. The molecule has 574 valence electrons. The summed E-state index contributed by atoms with van der Waals surface area (Å²) in [6, 6.07) is 71.6. The predicted molar refractivity (Wildman–Crippen MR) is 423 cm³/mol. The summed E-state index contributed by atoms with van der Waals surface area (Å²) >= 11 is 0. The molecule has 3 saturated heterocycles. The molecule has 3 fully saturated rings. The molecule has 22 nitrogen and oxygen atoms in total. The van der Waals surface area contributed by atoms with Crippen LogP contribution in [0.4, 0.5) is 21.5 Å². The lowest BCUT2D eigenvalue weighted by atomic mass is 9.99. The zero-order valence-corrected chi connectivity index (χ0v) is 64.7. The van der Waals surface area contributed by atoms with E-state index in [1.165, 1.54) is 66.7 Å². The summed E-state index contributed by atoms with van der Waals surface area (Å²) in [6.07, 6.45) is 0.0322. The number of nitrogens with one attached hydrogen (secondary N) is 3. The summed E-state index contributed by atoms with van der Waals surface area (Å²) in [5, 5.41) is 8.08. The van der Waals surface area contributed by atoms with Crippen LogP contribution in [0.1, 0.15) is 70.6 Å².